The number of rotatable bonds is 0. The van der Waals surface area contributed by atoms with Crippen LogP contribution in [0.1, 0.15) is 20.7 Å². The van der Waals surface area contributed by atoms with Gasteiger partial charge < -0.3 is 0 Å². The predicted molar refractivity (Wildman–Crippen MR) is 44.5 cm³/mol. The van der Waals surface area contributed by atoms with Gasteiger partial charge in [0.05, 0.1) is 11.1 Å². The molecule has 76 valence electrons. The molecule has 0 saturated carbocycles. The van der Waals surface area contributed by atoms with E-state index in [9.17, 15) is 18.9 Å². The minimum atomic E-state index is -1.62. The minimum absolute atomic E-state index is 0.0629. The lowest BCUT2D eigenvalue weighted by Crippen LogP contribution is -2.35. The fraction of sp³-hybridized carbons (Fsp3) is 0. The van der Waals surface area contributed by atoms with Crippen LogP contribution in [0.5, 0.6) is 0 Å². The van der Waals surface area contributed by atoms with Gasteiger partial charge in [-0.3, -0.25) is 9.59 Å². The third-order valence-electron chi connectivity index (χ3n) is 2.04. The fourth-order valence-corrected chi connectivity index (χ4v) is 1.39. The molecule has 0 aliphatic carbocycles. The van der Waals surface area contributed by atoms with Gasteiger partial charge in [-0.15, -0.1) is 0 Å². The van der Waals surface area contributed by atoms with E-state index in [1.165, 1.54) is 24.3 Å². The first-order valence-electron chi connectivity index (χ1n) is 3.97. The molecule has 0 saturated heterocycles. The van der Waals surface area contributed by atoms with E-state index in [4.69, 9.17) is 0 Å². The Kier molecular flexibility index (Phi) is 1.96. The number of carbonyl (C=O) groups excluding carboxylic acids is 3. The fourth-order valence-electron chi connectivity index (χ4n) is 1.39. The molecule has 5 nitrogen and oxygen atoms in total. The number of hydrogen-bond acceptors (Lipinski definition) is 4. The molecule has 0 N–H and O–H groups in total. The van der Waals surface area contributed by atoms with Crippen molar-refractivity contribution in [1.82, 2.24) is 4.90 Å². The molecule has 15 heavy (non-hydrogen) atoms. The van der Waals surface area contributed by atoms with Crippen LogP contribution in [-0.2, 0) is 4.94 Å². The van der Waals surface area contributed by atoms with Crippen LogP contribution in [-0.4, -0.2) is 22.8 Å². The van der Waals surface area contributed by atoms with Crippen molar-refractivity contribution < 1.29 is 23.9 Å². The van der Waals surface area contributed by atoms with Crippen molar-refractivity contribution in [1.29, 1.82) is 0 Å². The Morgan fingerprint density at radius 2 is 1.60 bits per heavy atom. The van der Waals surface area contributed by atoms with Crippen LogP contribution in [0.15, 0.2) is 24.3 Å². The van der Waals surface area contributed by atoms with Gasteiger partial charge in [0.1, 0.15) is 0 Å². The highest BCUT2D eigenvalue weighted by atomic mass is 19.3. The number of carbonyl (C=O) groups is 3. The molecule has 0 radical (unpaired) electrons. The summed E-state index contributed by atoms with van der Waals surface area (Å²) in [6.45, 7) is 0. The monoisotopic (exact) mass is 209 g/mol. The topological polar surface area (TPSA) is 63.7 Å². The van der Waals surface area contributed by atoms with E-state index >= 15 is 0 Å². The summed E-state index contributed by atoms with van der Waals surface area (Å²) in [6, 6.07) is 5.82. The smallest absolute Gasteiger partial charge is 0.268 e. The molecule has 1 aliphatic heterocycles. The zero-order chi connectivity index (χ0) is 11.0. The Labute approximate surface area is 82.9 Å². The molecular formula is C9H4FNO4. The van der Waals surface area contributed by atoms with Gasteiger partial charge in [-0.05, 0) is 12.1 Å². The molecule has 1 aromatic carbocycles. The third-order valence-corrected chi connectivity index (χ3v) is 2.04. The minimum Gasteiger partial charge on any atom is -0.268 e. The van der Waals surface area contributed by atoms with E-state index in [1.807, 2.05) is 0 Å². The number of fused-ring (bicyclic) bond motifs is 1. The zero-order valence-corrected chi connectivity index (χ0v) is 7.27. The highest BCUT2D eigenvalue weighted by Gasteiger charge is 2.41. The summed E-state index contributed by atoms with van der Waals surface area (Å²) in [5, 5.41) is 0. The number of amides is 3. The van der Waals surface area contributed by atoms with Crippen LogP contribution in [0.25, 0.3) is 0 Å². The lowest BCUT2D eigenvalue weighted by molar-refractivity contribution is -0.0723. The molecule has 6 heteroatoms. The van der Waals surface area contributed by atoms with Gasteiger partial charge in [0.15, 0.2) is 0 Å². The molecule has 3 amide bonds. The molecule has 0 bridgehead atoms. The van der Waals surface area contributed by atoms with Gasteiger partial charge in [0, 0.05) is 4.53 Å². The number of hydrogen-bond donors (Lipinski definition) is 0. The number of benzene rings is 1. The van der Waals surface area contributed by atoms with E-state index in [2.05, 4.69) is 4.94 Å². The molecule has 0 unspecified atom stereocenters. The summed E-state index contributed by atoms with van der Waals surface area (Å²) in [7, 11) is 0. The van der Waals surface area contributed by atoms with E-state index < -0.39 is 17.9 Å². The quantitative estimate of drug-likeness (QED) is 0.604. The van der Waals surface area contributed by atoms with Crippen LogP contribution >= 0.6 is 0 Å². The SMILES string of the molecule is O=C(OF)N1C(=O)c2ccccc2C1=O. The first-order chi connectivity index (χ1) is 7.16. The van der Waals surface area contributed by atoms with Gasteiger partial charge in [0.2, 0.25) is 0 Å². The highest BCUT2D eigenvalue weighted by Crippen LogP contribution is 2.22. The van der Waals surface area contributed by atoms with Gasteiger partial charge >= 0.3 is 6.09 Å². The second-order valence-electron chi connectivity index (χ2n) is 2.83. The zero-order valence-electron chi connectivity index (χ0n) is 7.27. The van der Waals surface area contributed by atoms with E-state index in [0.29, 0.717) is 0 Å². The molecule has 0 fully saturated rings. The van der Waals surface area contributed by atoms with Gasteiger partial charge in [0.25, 0.3) is 11.8 Å². The van der Waals surface area contributed by atoms with Crippen molar-refractivity contribution >= 4 is 17.9 Å². The Balaban J connectivity index is 2.50. The van der Waals surface area contributed by atoms with E-state index in [0.717, 1.165) is 0 Å². The molecule has 1 aromatic rings. The standard InChI is InChI=1S/C9H4FNO4/c10-15-9(14)11-7(12)5-3-1-2-4-6(5)8(11)13/h1-4H. The normalized spacial score (nSPS) is 14.1. The summed E-state index contributed by atoms with van der Waals surface area (Å²) in [6.07, 6.45) is -1.62. The van der Waals surface area contributed by atoms with Crippen LogP contribution in [0, 0.1) is 0 Å². The first kappa shape index (κ1) is 9.32. The molecular weight excluding hydrogens is 205 g/mol. The van der Waals surface area contributed by atoms with Gasteiger partial charge in [-0.25, -0.2) is 9.74 Å². The largest absolute Gasteiger partial charge is 0.461 e. The predicted octanol–water partition coefficient (Wildman–Crippen LogP) is 1.30. The average molecular weight is 209 g/mol. The van der Waals surface area contributed by atoms with Crippen LogP contribution in [0.2, 0.25) is 0 Å². The molecule has 0 aromatic heterocycles. The van der Waals surface area contributed by atoms with Crippen LogP contribution < -0.4 is 0 Å². The lowest BCUT2D eigenvalue weighted by atomic mass is 10.1. The summed E-state index contributed by atoms with van der Waals surface area (Å²) >= 11 is 0. The van der Waals surface area contributed by atoms with Crippen LogP contribution in [0.3, 0.4) is 0 Å². The molecule has 0 atom stereocenters. The lowest BCUT2D eigenvalue weighted by Gasteiger charge is -2.05. The third kappa shape index (κ3) is 1.18. The maximum atomic E-state index is 11.6. The Bertz CT molecular complexity index is 436. The van der Waals surface area contributed by atoms with Gasteiger partial charge in [-0.1, -0.05) is 12.1 Å². The maximum Gasteiger partial charge on any atom is 0.461 e. The Hall–Kier alpha value is -2.24. The van der Waals surface area contributed by atoms with Crippen molar-refractivity contribution in [2.45, 2.75) is 0 Å². The summed E-state index contributed by atoms with van der Waals surface area (Å²) < 4.78 is 11.6. The van der Waals surface area contributed by atoms with Gasteiger partial charge in [-0.2, -0.15) is 4.90 Å². The first-order valence-corrected chi connectivity index (χ1v) is 3.97. The molecule has 1 heterocycles. The number of nitrogens with zero attached hydrogens (tertiary/aromatic N) is 1. The Morgan fingerprint density at radius 1 is 1.13 bits per heavy atom. The van der Waals surface area contributed by atoms with Crippen molar-refractivity contribution in [3.05, 3.63) is 35.4 Å². The van der Waals surface area contributed by atoms with E-state index in [1.54, 1.807) is 0 Å². The van der Waals surface area contributed by atoms with E-state index in [-0.39, 0.29) is 16.0 Å². The number of halogens is 1. The average Bonchev–Trinajstić information content (AvgIpc) is 2.52. The summed E-state index contributed by atoms with van der Waals surface area (Å²) in [4.78, 5) is 36.6. The van der Waals surface area contributed by atoms with Crippen molar-refractivity contribution in [3.8, 4) is 0 Å². The van der Waals surface area contributed by atoms with Crippen molar-refractivity contribution in [2.24, 2.45) is 0 Å². The molecule has 0 spiro atoms. The second kappa shape index (κ2) is 3.16. The second-order valence-corrected chi connectivity index (χ2v) is 2.83. The number of imide groups is 3. The Morgan fingerprint density at radius 3 is 2.00 bits per heavy atom. The molecule has 1 aliphatic rings. The highest BCUT2D eigenvalue weighted by molar-refractivity contribution is 6.27. The maximum absolute atomic E-state index is 11.6. The summed E-state index contributed by atoms with van der Waals surface area (Å²) in [5.41, 5.74) is 0.126. The van der Waals surface area contributed by atoms with Crippen LogP contribution in [0.4, 0.5) is 9.32 Å². The van der Waals surface area contributed by atoms with Crippen molar-refractivity contribution in [3.63, 3.8) is 0 Å². The van der Waals surface area contributed by atoms with Crippen molar-refractivity contribution in [2.75, 3.05) is 0 Å². The molecule has 2 rings (SSSR count). The summed E-state index contributed by atoms with van der Waals surface area (Å²) in [5.74, 6) is -1.75.